The summed E-state index contributed by atoms with van der Waals surface area (Å²) in [6.45, 7) is 0. The minimum Gasteiger partial charge on any atom is -0.234 e. The minimum atomic E-state index is -0.664. The first-order valence-electron chi connectivity index (χ1n) is 2.81. The fourth-order valence-electron chi connectivity index (χ4n) is 0.569. The van der Waals surface area contributed by atoms with Gasteiger partial charge in [-0.25, -0.2) is 15.1 Å². The molecule has 1 heterocycles. The summed E-state index contributed by atoms with van der Waals surface area (Å²) in [6, 6.07) is 1.51. The van der Waals surface area contributed by atoms with E-state index in [2.05, 4.69) is 36.8 Å². The SMILES string of the molecule is O=[N+]([O-])Nc1cc(Br)c(Br)cn1. The van der Waals surface area contributed by atoms with Crippen LogP contribution in [0.15, 0.2) is 21.2 Å². The fourth-order valence-corrected chi connectivity index (χ4v) is 1.10. The Kier molecular flexibility index (Phi) is 2.99. The van der Waals surface area contributed by atoms with Gasteiger partial charge in [-0.2, -0.15) is 0 Å². The summed E-state index contributed by atoms with van der Waals surface area (Å²) in [7, 11) is 0. The normalized spacial score (nSPS) is 9.50. The van der Waals surface area contributed by atoms with Crippen LogP contribution in [0.25, 0.3) is 0 Å². The number of hydrogen-bond acceptors (Lipinski definition) is 3. The summed E-state index contributed by atoms with van der Waals surface area (Å²) < 4.78 is 1.46. The first-order chi connectivity index (χ1) is 5.59. The van der Waals surface area contributed by atoms with Crippen LogP contribution in [0, 0.1) is 10.1 Å². The van der Waals surface area contributed by atoms with Gasteiger partial charge in [-0.3, -0.25) is 0 Å². The highest BCUT2D eigenvalue weighted by Gasteiger charge is 2.03. The molecule has 1 N–H and O–H groups in total. The first kappa shape index (κ1) is 9.40. The third-order valence-electron chi connectivity index (χ3n) is 1.01. The molecular formula is C5H3Br2N3O2. The van der Waals surface area contributed by atoms with E-state index >= 15 is 0 Å². The van der Waals surface area contributed by atoms with Crippen molar-refractivity contribution >= 4 is 37.7 Å². The van der Waals surface area contributed by atoms with Crippen LogP contribution < -0.4 is 5.43 Å². The maximum atomic E-state index is 9.99. The Labute approximate surface area is 84.6 Å². The summed E-state index contributed by atoms with van der Waals surface area (Å²) in [5, 5.41) is 9.33. The van der Waals surface area contributed by atoms with Crippen molar-refractivity contribution in [3.8, 4) is 0 Å². The summed E-state index contributed by atoms with van der Waals surface area (Å²) in [6.07, 6.45) is 1.47. The summed E-state index contributed by atoms with van der Waals surface area (Å²) in [4.78, 5) is 13.7. The quantitative estimate of drug-likeness (QED) is 0.671. The lowest BCUT2D eigenvalue weighted by Gasteiger charge is -1.97. The topological polar surface area (TPSA) is 68.1 Å². The molecule has 5 nitrogen and oxygen atoms in total. The number of anilines is 1. The number of pyridine rings is 1. The lowest BCUT2D eigenvalue weighted by molar-refractivity contribution is -0.445. The van der Waals surface area contributed by atoms with Crippen LogP contribution in [0.4, 0.5) is 5.82 Å². The van der Waals surface area contributed by atoms with Gasteiger partial charge < -0.3 is 0 Å². The molecule has 0 aliphatic carbocycles. The Morgan fingerprint density at radius 3 is 2.67 bits per heavy atom. The number of nitrogens with one attached hydrogen (secondary N) is 1. The van der Waals surface area contributed by atoms with Crippen molar-refractivity contribution in [1.82, 2.24) is 4.98 Å². The average Bonchev–Trinajstić information content (AvgIpc) is 1.96. The molecule has 0 aliphatic rings. The van der Waals surface area contributed by atoms with Crippen LogP contribution in [0.5, 0.6) is 0 Å². The number of hydrazine groups is 1. The predicted molar refractivity (Wildman–Crippen MR) is 50.3 cm³/mol. The highest BCUT2D eigenvalue weighted by Crippen LogP contribution is 2.23. The van der Waals surface area contributed by atoms with Crippen LogP contribution in [0.2, 0.25) is 0 Å². The van der Waals surface area contributed by atoms with Gasteiger partial charge in [0.1, 0.15) is 0 Å². The van der Waals surface area contributed by atoms with Crippen LogP contribution in [0.1, 0.15) is 0 Å². The van der Waals surface area contributed by atoms with Crippen LogP contribution in [-0.2, 0) is 0 Å². The zero-order chi connectivity index (χ0) is 9.14. The van der Waals surface area contributed by atoms with Crippen molar-refractivity contribution < 1.29 is 5.03 Å². The van der Waals surface area contributed by atoms with Crippen LogP contribution in [0.3, 0.4) is 0 Å². The van der Waals surface area contributed by atoms with Gasteiger partial charge in [0.25, 0.3) is 0 Å². The molecule has 0 saturated heterocycles. The summed E-state index contributed by atoms with van der Waals surface area (Å²) in [5.41, 5.74) is 1.93. The van der Waals surface area contributed by atoms with E-state index in [4.69, 9.17) is 0 Å². The van der Waals surface area contributed by atoms with Crippen LogP contribution in [-0.4, -0.2) is 10.0 Å². The number of nitrogens with zero attached hydrogens (tertiary/aromatic N) is 2. The van der Waals surface area contributed by atoms with Crippen molar-refractivity contribution in [3.05, 3.63) is 31.3 Å². The van der Waals surface area contributed by atoms with E-state index in [1.54, 1.807) is 0 Å². The molecule has 0 saturated carbocycles. The zero-order valence-electron chi connectivity index (χ0n) is 5.62. The van der Waals surface area contributed by atoms with E-state index in [0.717, 1.165) is 4.47 Å². The Hall–Kier alpha value is -0.690. The third kappa shape index (κ3) is 2.42. The molecular weight excluding hydrogens is 294 g/mol. The van der Waals surface area contributed by atoms with Crippen LogP contribution >= 0.6 is 31.9 Å². The van der Waals surface area contributed by atoms with E-state index < -0.39 is 5.03 Å². The second-order valence-electron chi connectivity index (χ2n) is 1.85. The lowest BCUT2D eigenvalue weighted by atomic mass is 10.5. The molecule has 12 heavy (non-hydrogen) atoms. The molecule has 0 amide bonds. The van der Waals surface area contributed by atoms with Crippen molar-refractivity contribution in [1.29, 1.82) is 0 Å². The Morgan fingerprint density at radius 1 is 1.50 bits per heavy atom. The van der Waals surface area contributed by atoms with Gasteiger partial charge in [0, 0.05) is 16.7 Å². The molecule has 0 bridgehead atoms. The van der Waals surface area contributed by atoms with Gasteiger partial charge in [-0.05, 0) is 31.9 Å². The smallest absolute Gasteiger partial charge is 0.191 e. The van der Waals surface area contributed by atoms with Crippen molar-refractivity contribution in [2.45, 2.75) is 0 Å². The van der Waals surface area contributed by atoms with Gasteiger partial charge in [0.15, 0.2) is 10.9 Å². The summed E-state index contributed by atoms with van der Waals surface area (Å²) in [5.74, 6) is 0.190. The van der Waals surface area contributed by atoms with E-state index in [0.29, 0.717) is 4.47 Å². The number of aromatic nitrogens is 1. The maximum Gasteiger partial charge on any atom is 0.191 e. The first-order valence-corrected chi connectivity index (χ1v) is 4.40. The van der Waals surface area contributed by atoms with E-state index in [1.165, 1.54) is 12.3 Å². The second-order valence-corrected chi connectivity index (χ2v) is 3.56. The highest BCUT2D eigenvalue weighted by atomic mass is 79.9. The lowest BCUT2D eigenvalue weighted by Crippen LogP contribution is -2.08. The average molecular weight is 297 g/mol. The molecule has 0 spiro atoms. The minimum absolute atomic E-state index is 0.190. The summed E-state index contributed by atoms with van der Waals surface area (Å²) >= 11 is 6.38. The largest absolute Gasteiger partial charge is 0.234 e. The standard InChI is InChI=1S/C5H3Br2N3O2/c6-3-1-5(9-10(11)12)8-2-4(3)7/h1-2H,(H,8,9). The Bertz CT molecular complexity index is 318. The fraction of sp³-hybridized carbons (Fsp3) is 0. The molecule has 0 atom stereocenters. The predicted octanol–water partition coefficient (Wildman–Crippen LogP) is 2.21. The van der Waals surface area contributed by atoms with Gasteiger partial charge >= 0.3 is 0 Å². The number of halogens is 2. The molecule has 0 radical (unpaired) electrons. The number of rotatable bonds is 2. The van der Waals surface area contributed by atoms with Gasteiger partial charge in [-0.1, -0.05) is 5.43 Å². The van der Waals surface area contributed by atoms with E-state index in [9.17, 15) is 10.1 Å². The zero-order valence-corrected chi connectivity index (χ0v) is 8.79. The van der Waals surface area contributed by atoms with Gasteiger partial charge in [0.2, 0.25) is 0 Å². The molecule has 1 rings (SSSR count). The third-order valence-corrected chi connectivity index (χ3v) is 2.83. The Morgan fingerprint density at radius 2 is 2.17 bits per heavy atom. The molecule has 1 aromatic heterocycles. The second kappa shape index (κ2) is 3.81. The molecule has 0 aromatic carbocycles. The molecule has 64 valence electrons. The molecule has 1 aromatic rings. The van der Waals surface area contributed by atoms with Crippen molar-refractivity contribution in [2.24, 2.45) is 0 Å². The van der Waals surface area contributed by atoms with Gasteiger partial charge in [-0.15, -0.1) is 0 Å². The maximum absolute atomic E-state index is 9.99. The molecule has 0 aliphatic heterocycles. The highest BCUT2D eigenvalue weighted by molar-refractivity contribution is 9.13. The van der Waals surface area contributed by atoms with Crippen molar-refractivity contribution in [3.63, 3.8) is 0 Å². The Balaban J connectivity index is 2.89. The number of nitro groups is 1. The monoisotopic (exact) mass is 295 g/mol. The van der Waals surface area contributed by atoms with Crippen molar-refractivity contribution in [2.75, 3.05) is 5.43 Å². The van der Waals surface area contributed by atoms with Gasteiger partial charge in [0.05, 0.1) is 4.47 Å². The number of hydrogen-bond donors (Lipinski definition) is 1. The molecule has 0 fully saturated rings. The van der Waals surface area contributed by atoms with E-state index in [-0.39, 0.29) is 5.82 Å². The van der Waals surface area contributed by atoms with E-state index in [1.807, 2.05) is 5.43 Å². The molecule has 7 heteroatoms. The molecule has 0 unspecified atom stereocenters.